The van der Waals surface area contributed by atoms with Crippen LogP contribution in [0.2, 0.25) is 0 Å². The minimum absolute atomic E-state index is 0.262. The molecule has 3 rings (SSSR count). The summed E-state index contributed by atoms with van der Waals surface area (Å²) >= 11 is 0. The molecule has 0 aromatic carbocycles. The summed E-state index contributed by atoms with van der Waals surface area (Å²) in [5.41, 5.74) is 6.31. The third-order valence-corrected chi connectivity index (χ3v) is 3.25. The Morgan fingerprint density at radius 3 is 2.81 bits per heavy atom. The fourth-order valence-corrected chi connectivity index (χ4v) is 2.47. The van der Waals surface area contributed by atoms with Gasteiger partial charge < -0.3 is 15.2 Å². The minimum Gasteiger partial charge on any atom is -0.348 e. The van der Waals surface area contributed by atoms with Crippen molar-refractivity contribution in [2.24, 2.45) is 11.7 Å². The number of nitrogens with zero attached hydrogens (tertiary/aromatic N) is 3. The average molecular weight is 224 g/mol. The number of hydrogen-bond acceptors (Lipinski definition) is 5. The zero-order valence-corrected chi connectivity index (χ0v) is 9.13. The van der Waals surface area contributed by atoms with Crippen molar-refractivity contribution in [3.8, 4) is 0 Å². The number of ether oxygens (including phenoxy) is 2. The highest BCUT2D eigenvalue weighted by atomic mass is 16.7. The molecule has 2 aliphatic rings. The molecular formula is C10H16N4O2. The summed E-state index contributed by atoms with van der Waals surface area (Å²) in [5, 5.41) is 7.99. The third-order valence-electron chi connectivity index (χ3n) is 3.25. The molecule has 88 valence electrons. The summed E-state index contributed by atoms with van der Waals surface area (Å²) in [5.74, 6) is 0.313. The second kappa shape index (κ2) is 3.80. The van der Waals surface area contributed by atoms with Crippen molar-refractivity contribution < 1.29 is 9.47 Å². The fraction of sp³-hybridized carbons (Fsp3) is 0.800. The van der Waals surface area contributed by atoms with Crippen molar-refractivity contribution in [1.29, 1.82) is 0 Å². The normalized spacial score (nSPS) is 23.8. The molecule has 1 aliphatic heterocycles. The summed E-state index contributed by atoms with van der Waals surface area (Å²) < 4.78 is 13.0. The highest BCUT2D eigenvalue weighted by Crippen LogP contribution is 2.44. The van der Waals surface area contributed by atoms with E-state index in [-0.39, 0.29) is 5.79 Å². The van der Waals surface area contributed by atoms with E-state index in [0.29, 0.717) is 12.5 Å². The van der Waals surface area contributed by atoms with Crippen LogP contribution in [0.1, 0.15) is 18.5 Å². The Hall–Kier alpha value is -0.980. The maximum Gasteiger partial charge on any atom is 0.169 e. The second-order valence-electron chi connectivity index (χ2n) is 4.52. The van der Waals surface area contributed by atoms with E-state index in [1.165, 1.54) is 0 Å². The first-order valence-corrected chi connectivity index (χ1v) is 5.67. The zero-order chi connectivity index (χ0) is 11.0. The van der Waals surface area contributed by atoms with Crippen molar-refractivity contribution in [2.45, 2.75) is 31.7 Å². The van der Waals surface area contributed by atoms with Gasteiger partial charge in [0.1, 0.15) is 0 Å². The predicted molar refractivity (Wildman–Crippen MR) is 55.3 cm³/mol. The molecule has 0 radical (unpaired) electrons. The van der Waals surface area contributed by atoms with Crippen molar-refractivity contribution in [2.75, 3.05) is 13.2 Å². The Kier molecular flexibility index (Phi) is 2.42. The summed E-state index contributed by atoms with van der Waals surface area (Å²) in [4.78, 5) is 0. The van der Waals surface area contributed by atoms with Crippen LogP contribution < -0.4 is 5.73 Å². The van der Waals surface area contributed by atoms with Gasteiger partial charge in [0.25, 0.3) is 0 Å². The number of aromatic nitrogens is 3. The molecule has 1 aliphatic carbocycles. The Balaban J connectivity index is 1.53. The van der Waals surface area contributed by atoms with Gasteiger partial charge in [-0.05, 0) is 5.92 Å². The van der Waals surface area contributed by atoms with E-state index in [0.717, 1.165) is 38.3 Å². The van der Waals surface area contributed by atoms with Gasteiger partial charge in [0.15, 0.2) is 5.79 Å². The Bertz CT molecular complexity index is 365. The number of nitrogens with two attached hydrogens (primary N) is 1. The van der Waals surface area contributed by atoms with Gasteiger partial charge in [-0.3, -0.25) is 4.68 Å². The lowest BCUT2D eigenvalue weighted by Crippen LogP contribution is -2.46. The fourth-order valence-electron chi connectivity index (χ4n) is 2.47. The first-order valence-electron chi connectivity index (χ1n) is 5.67. The van der Waals surface area contributed by atoms with Crippen LogP contribution in [-0.2, 0) is 22.6 Å². The number of rotatable bonds is 3. The molecule has 1 spiro atoms. The van der Waals surface area contributed by atoms with E-state index in [2.05, 4.69) is 10.3 Å². The van der Waals surface area contributed by atoms with E-state index < -0.39 is 0 Å². The standard InChI is InChI=1S/C10H16N4O2/c11-5-9-7-14(13-12-9)6-8-3-10(4-8)15-1-2-16-10/h7-8H,1-6,11H2. The average Bonchev–Trinajstić information content (AvgIpc) is 2.85. The smallest absolute Gasteiger partial charge is 0.169 e. The van der Waals surface area contributed by atoms with Gasteiger partial charge in [0.05, 0.1) is 18.9 Å². The summed E-state index contributed by atoms with van der Waals surface area (Å²) in [6, 6.07) is 0. The quantitative estimate of drug-likeness (QED) is 0.775. The Morgan fingerprint density at radius 1 is 1.44 bits per heavy atom. The van der Waals surface area contributed by atoms with Gasteiger partial charge >= 0.3 is 0 Å². The molecule has 1 aromatic heterocycles. The van der Waals surface area contributed by atoms with Crippen molar-refractivity contribution in [3.05, 3.63) is 11.9 Å². The van der Waals surface area contributed by atoms with E-state index in [9.17, 15) is 0 Å². The molecule has 1 saturated heterocycles. The highest BCUT2D eigenvalue weighted by molar-refractivity contribution is 4.94. The highest BCUT2D eigenvalue weighted by Gasteiger charge is 2.49. The maximum absolute atomic E-state index is 5.58. The Labute approximate surface area is 93.7 Å². The molecule has 2 fully saturated rings. The lowest BCUT2D eigenvalue weighted by atomic mass is 9.79. The molecule has 1 saturated carbocycles. The van der Waals surface area contributed by atoms with E-state index in [4.69, 9.17) is 15.2 Å². The molecule has 0 bridgehead atoms. The van der Waals surface area contributed by atoms with Gasteiger partial charge in [-0.1, -0.05) is 5.21 Å². The van der Waals surface area contributed by atoms with E-state index in [1.54, 1.807) is 0 Å². The lowest BCUT2D eigenvalue weighted by Gasteiger charge is -2.42. The summed E-state index contributed by atoms with van der Waals surface area (Å²) in [6.07, 6.45) is 3.83. The van der Waals surface area contributed by atoms with Gasteiger partial charge in [0, 0.05) is 32.1 Å². The van der Waals surface area contributed by atoms with Crippen molar-refractivity contribution in [3.63, 3.8) is 0 Å². The van der Waals surface area contributed by atoms with Gasteiger partial charge in [-0.15, -0.1) is 5.10 Å². The first kappa shape index (κ1) is 10.2. The monoisotopic (exact) mass is 224 g/mol. The van der Waals surface area contributed by atoms with E-state index in [1.807, 2.05) is 10.9 Å². The van der Waals surface area contributed by atoms with Crippen LogP contribution in [0, 0.1) is 5.92 Å². The molecular weight excluding hydrogens is 208 g/mol. The molecule has 2 N–H and O–H groups in total. The second-order valence-corrected chi connectivity index (χ2v) is 4.52. The topological polar surface area (TPSA) is 75.2 Å². The molecule has 0 amide bonds. The van der Waals surface area contributed by atoms with Crippen LogP contribution in [0.15, 0.2) is 6.20 Å². The van der Waals surface area contributed by atoms with Gasteiger partial charge in [-0.25, -0.2) is 0 Å². The maximum atomic E-state index is 5.58. The Morgan fingerprint density at radius 2 is 2.19 bits per heavy atom. The first-order chi connectivity index (χ1) is 7.80. The minimum atomic E-state index is -0.262. The zero-order valence-electron chi connectivity index (χ0n) is 9.13. The predicted octanol–water partition coefficient (Wildman–Crippen LogP) is -0.110. The van der Waals surface area contributed by atoms with Gasteiger partial charge in [-0.2, -0.15) is 0 Å². The lowest BCUT2D eigenvalue weighted by molar-refractivity contribution is -0.232. The SMILES string of the molecule is NCc1cn(CC2CC3(C2)OCCO3)nn1. The molecule has 1 aromatic rings. The summed E-state index contributed by atoms with van der Waals surface area (Å²) in [7, 11) is 0. The van der Waals surface area contributed by atoms with Crippen LogP contribution in [0.3, 0.4) is 0 Å². The van der Waals surface area contributed by atoms with Crippen LogP contribution in [0.5, 0.6) is 0 Å². The molecule has 0 atom stereocenters. The van der Waals surface area contributed by atoms with Crippen LogP contribution >= 0.6 is 0 Å². The van der Waals surface area contributed by atoms with Crippen LogP contribution in [-0.4, -0.2) is 34.0 Å². The molecule has 16 heavy (non-hydrogen) atoms. The van der Waals surface area contributed by atoms with Crippen molar-refractivity contribution >= 4 is 0 Å². The largest absolute Gasteiger partial charge is 0.348 e. The third kappa shape index (κ3) is 1.73. The molecule has 2 heterocycles. The van der Waals surface area contributed by atoms with Crippen molar-refractivity contribution in [1.82, 2.24) is 15.0 Å². The summed E-state index contributed by atoms with van der Waals surface area (Å²) in [6.45, 7) is 2.78. The molecule has 0 unspecified atom stereocenters. The van der Waals surface area contributed by atoms with Crippen LogP contribution in [0.4, 0.5) is 0 Å². The molecule has 6 heteroatoms. The van der Waals surface area contributed by atoms with Gasteiger partial charge in [0.2, 0.25) is 0 Å². The van der Waals surface area contributed by atoms with E-state index >= 15 is 0 Å². The van der Waals surface area contributed by atoms with Crippen LogP contribution in [0.25, 0.3) is 0 Å². The molecule has 6 nitrogen and oxygen atoms in total. The number of hydrogen-bond donors (Lipinski definition) is 1.